The molecule has 0 aliphatic carbocycles. The topological polar surface area (TPSA) is 62.2 Å². The Morgan fingerprint density at radius 3 is 2.81 bits per heavy atom. The molecule has 3 heterocycles. The molecular formula is C11H19NO4. The zero-order valence-corrected chi connectivity index (χ0v) is 9.67. The van der Waals surface area contributed by atoms with E-state index in [1.165, 1.54) is 0 Å². The molecule has 3 rings (SSSR count). The van der Waals surface area contributed by atoms with Gasteiger partial charge < -0.3 is 19.7 Å². The van der Waals surface area contributed by atoms with Crippen LogP contribution in [0.25, 0.3) is 0 Å². The van der Waals surface area contributed by atoms with Gasteiger partial charge in [-0.1, -0.05) is 0 Å². The van der Waals surface area contributed by atoms with E-state index in [0.717, 1.165) is 13.0 Å². The first kappa shape index (κ1) is 10.9. The molecule has 0 bridgehead atoms. The fraction of sp³-hybridized carbons (Fsp3) is 1.00. The summed E-state index contributed by atoms with van der Waals surface area (Å²) in [6.45, 7) is 4.61. The Bertz CT molecular complexity index is 296. The van der Waals surface area contributed by atoms with Crippen LogP contribution in [0.4, 0.5) is 0 Å². The predicted molar refractivity (Wildman–Crippen MR) is 55.8 cm³/mol. The fourth-order valence-electron chi connectivity index (χ4n) is 3.42. The van der Waals surface area contributed by atoms with Crippen molar-refractivity contribution in [1.82, 2.24) is 4.90 Å². The molecule has 0 aromatic rings. The number of hydrogen-bond donors (Lipinski definition) is 2. The van der Waals surface area contributed by atoms with Gasteiger partial charge in [-0.2, -0.15) is 0 Å². The zero-order valence-electron chi connectivity index (χ0n) is 9.67. The van der Waals surface area contributed by atoms with Gasteiger partial charge in [0.2, 0.25) is 0 Å². The summed E-state index contributed by atoms with van der Waals surface area (Å²) in [5.41, 5.74) is 0. The molecule has 5 heteroatoms. The molecular weight excluding hydrogens is 210 g/mol. The van der Waals surface area contributed by atoms with Gasteiger partial charge in [0.15, 0.2) is 5.79 Å². The Morgan fingerprint density at radius 1 is 1.38 bits per heavy atom. The molecule has 3 aliphatic rings. The summed E-state index contributed by atoms with van der Waals surface area (Å²) < 4.78 is 11.7. The number of rotatable bonds is 1. The van der Waals surface area contributed by atoms with Crippen molar-refractivity contribution in [2.45, 2.75) is 56.5 Å². The van der Waals surface area contributed by atoms with Gasteiger partial charge >= 0.3 is 0 Å². The average Bonchev–Trinajstić information content (AvgIpc) is 2.70. The van der Waals surface area contributed by atoms with Gasteiger partial charge in [-0.05, 0) is 20.3 Å². The maximum Gasteiger partial charge on any atom is 0.163 e. The first-order valence-corrected chi connectivity index (χ1v) is 5.94. The van der Waals surface area contributed by atoms with Crippen LogP contribution in [0.2, 0.25) is 0 Å². The lowest BCUT2D eigenvalue weighted by Gasteiger charge is -2.42. The standard InChI is InChI=1S/C11H19NO4/c1-11(2)15-7-3-4-12-6(5-13)9(14)10(16-11)8(7)12/h6-10,13-14H,3-5H2,1-2H3. The summed E-state index contributed by atoms with van der Waals surface area (Å²) in [5.74, 6) is -0.632. The number of hydrogen-bond acceptors (Lipinski definition) is 5. The minimum absolute atomic E-state index is 0.0231. The summed E-state index contributed by atoms with van der Waals surface area (Å²) >= 11 is 0. The molecule has 0 aromatic carbocycles. The van der Waals surface area contributed by atoms with Gasteiger partial charge in [-0.15, -0.1) is 0 Å². The van der Waals surface area contributed by atoms with E-state index in [2.05, 4.69) is 4.90 Å². The summed E-state index contributed by atoms with van der Waals surface area (Å²) in [6.07, 6.45) is 0.242. The van der Waals surface area contributed by atoms with E-state index in [4.69, 9.17) is 9.47 Å². The van der Waals surface area contributed by atoms with E-state index in [1.807, 2.05) is 13.8 Å². The molecule has 5 nitrogen and oxygen atoms in total. The smallest absolute Gasteiger partial charge is 0.163 e. The molecule has 0 saturated carbocycles. The number of nitrogens with zero attached hydrogens (tertiary/aromatic N) is 1. The molecule has 2 N–H and O–H groups in total. The van der Waals surface area contributed by atoms with Crippen LogP contribution in [0.3, 0.4) is 0 Å². The quantitative estimate of drug-likeness (QED) is 0.623. The van der Waals surface area contributed by atoms with Crippen LogP contribution >= 0.6 is 0 Å². The second-order valence-electron chi connectivity index (χ2n) is 5.40. The van der Waals surface area contributed by atoms with Crippen LogP contribution in [-0.4, -0.2) is 64.4 Å². The summed E-state index contributed by atoms with van der Waals surface area (Å²) in [4.78, 5) is 2.13. The van der Waals surface area contributed by atoms with Crippen LogP contribution in [0.1, 0.15) is 20.3 Å². The Kier molecular flexibility index (Phi) is 2.32. The molecule has 5 unspecified atom stereocenters. The summed E-state index contributed by atoms with van der Waals surface area (Å²) in [5, 5.41) is 19.5. The maximum absolute atomic E-state index is 10.2. The van der Waals surface area contributed by atoms with E-state index in [-0.39, 0.29) is 30.9 Å². The molecule has 16 heavy (non-hydrogen) atoms. The van der Waals surface area contributed by atoms with Crippen molar-refractivity contribution in [1.29, 1.82) is 0 Å². The van der Waals surface area contributed by atoms with E-state index in [0.29, 0.717) is 0 Å². The monoisotopic (exact) mass is 229 g/mol. The highest BCUT2D eigenvalue weighted by Crippen LogP contribution is 2.43. The van der Waals surface area contributed by atoms with Crippen LogP contribution in [-0.2, 0) is 9.47 Å². The first-order valence-electron chi connectivity index (χ1n) is 5.94. The van der Waals surface area contributed by atoms with E-state index in [1.54, 1.807) is 0 Å². The van der Waals surface area contributed by atoms with E-state index < -0.39 is 11.9 Å². The minimum atomic E-state index is -0.632. The normalized spacial score (nSPS) is 50.6. The Labute approximate surface area is 94.9 Å². The molecule has 3 aliphatic heterocycles. The van der Waals surface area contributed by atoms with Gasteiger partial charge in [-0.25, -0.2) is 0 Å². The van der Waals surface area contributed by atoms with Crippen molar-refractivity contribution in [2.75, 3.05) is 13.2 Å². The Hall–Kier alpha value is -0.200. The van der Waals surface area contributed by atoms with Crippen molar-refractivity contribution in [2.24, 2.45) is 0 Å². The molecule has 0 aromatic heterocycles. The SMILES string of the molecule is CC1(C)OC2CCN3C(CO)C(O)C(O1)C23. The fourth-order valence-corrected chi connectivity index (χ4v) is 3.42. The molecule has 3 fully saturated rings. The molecule has 0 radical (unpaired) electrons. The molecule has 0 spiro atoms. The molecule has 5 atom stereocenters. The van der Waals surface area contributed by atoms with E-state index in [9.17, 15) is 10.2 Å². The maximum atomic E-state index is 10.2. The highest BCUT2D eigenvalue weighted by atomic mass is 16.7. The van der Waals surface area contributed by atoms with Crippen LogP contribution in [0.5, 0.6) is 0 Å². The third-order valence-corrected chi connectivity index (χ3v) is 3.97. The molecule has 0 amide bonds. The van der Waals surface area contributed by atoms with Crippen LogP contribution in [0, 0.1) is 0 Å². The second-order valence-corrected chi connectivity index (χ2v) is 5.40. The Balaban J connectivity index is 1.91. The largest absolute Gasteiger partial charge is 0.395 e. The first-order chi connectivity index (χ1) is 7.53. The predicted octanol–water partition coefficient (Wildman–Crippen LogP) is -0.684. The lowest BCUT2D eigenvalue weighted by atomic mass is 10.0. The lowest BCUT2D eigenvalue weighted by Crippen LogP contribution is -2.54. The zero-order chi connectivity index (χ0) is 11.5. The van der Waals surface area contributed by atoms with Gasteiger partial charge in [0.1, 0.15) is 6.10 Å². The number of aliphatic hydroxyl groups is 2. The third-order valence-electron chi connectivity index (χ3n) is 3.97. The van der Waals surface area contributed by atoms with Crippen molar-refractivity contribution < 1.29 is 19.7 Å². The Morgan fingerprint density at radius 2 is 2.12 bits per heavy atom. The van der Waals surface area contributed by atoms with Crippen molar-refractivity contribution in [3.8, 4) is 0 Å². The van der Waals surface area contributed by atoms with E-state index >= 15 is 0 Å². The van der Waals surface area contributed by atoms with Gasteiger partial charge in [0, 0.05) is 6.54 Å². The van der Waals surface area contributed by atoms with Gasteiger partial charge in [-0.3, -0.25) is 4.90 Å². The summed E-state index contributed by atoms with van der Waals surface area (Å²) in [6, 6.07) is -0.0855. The number of ether oxygens (including phenoxy) is 2. The van der Waals surface area contributed by atoms with Crippen molar-refractivity contribution >= 4 is 0 Å². The summed E-state index contributed by atoms with van der Waals surface area (Å²) in [7, 11) is 0. The lowest BCUT2D eigenvalue weighted by molar-refractivity contribution is -0.311. The highest BCUT2D eigenvalue weighted by molar-refractivity contribution is 5.10. The highest BCUT2D eigenvalue weighted by Gasteiger charge is 2.59. The van der Waals surface area contributed by atoms with Crippen molar-refractivity contribution in [3.05, 3.63) is 0 Å². The van der Waals surface area contributed by atoms with Crippen molar-refractivity contribution in [3.63, 3.8) is 0 Å². The van der Waals surface area contributed by atoms with Gasteiger partial charge in [0.25, 0.3) is 0 Å². The van der Waals surface area contributed by atoms with Crippen LogP contribution in [0.15, 0.2) is 0 Å². The second kappa shape index (κ2) is 3.40. The van der Waals surface area contributed by atoms with Crippen LogP contribution < -0.4 is 0 Å². The molecule has 3 saturated heterocycles. The average molecular weight is 229 g/mol. The van der Waals surface area contributed by atoms with Gasteiger partial charge in [0.05, 0.1) is 30.9 Å². The third kappa shape index (κ3) is 1.36. The minimum Gasteiger partial charge on any atom is -0.395 e. The number of aliphatic hydroxyl groups excluding tert-OH is 2. The molecule has 92 valence electrons.